The summed E-state index contributed by atoms with van der Waals surface area (Å²) in [5, 5.41) is 0.843. The van der Waals surface area contributed by atoms with Crippen LogP contribution in [0, 0.1) is 6.92 Å². The van der Waals surface area contributed by atoms with E-state index in [1.54, 1.807) is 0 Å². The van der Waals surface area contributed by atoms with Crippen molar-refractivity contribution in [3.05, 3.63) is 34.3 Å². The number of benzene rings is 1. The molecular formula is C15H23Cl2N. The first-order chi connectivity index (χ1) is 8.08. The van der Waals surface area contributed by atoms with E-state index >= 15 is 0 Å². The molecule has 1 nitrogen and oxygen atoms in total. The van der Waals surface area contributed by atoms with Crippen LogP contribution in [0.15, 0.2) is 18.2 Å². The monoisotopic (exact) mass is 287 g/mol. The lowest BCUT2D eigenvalue weighted by Crippen LogP contribution is -2.50. The van der Waals surface area contributed by atoms with Gasteiger partial charge in [0.05, 0.1) is 0 Å². The second-order valence-electron chi connectivity index (χ2n) is 5.42. The van der Waals surface area contributed by atoms with Crippen molar-refractivity contribution in [2.75, 3.05) is 0 Å². The van der Waals surface area contributed by atoms with E-state index in [4.69, 9.17) is 17.3 Å². The fraction of sp³-hybridized carbons (Fsp3) is 0.600. The van der Waals surface area contributed by atoms with E-state index in [1.165, 1.54) is 30.4 Å². The van der Waals surface area contributed by atoms with Crippen LogP contribution in [0.3, 0.4) is 0 Å². The summed E-state index contributed by atoms with van der Waals surface area (Å²) in [6.45, 7) is 4.31. The van der Waals surface area contributed by atoms with Gasteiger partial charge in [0.15, 0.2) is 0 Å². The molecular weight excluding hydrogens is 265 g/mol. The maximum atomic E-state index is 6.41. The Kier molecular flexibility index (Phi) is 5.51. The predicted octanol–water partition coefficient (Wildman–Crippen LogP) is 4.62. The number of hydrogen-bond donors (Lipinski definition) is 1. The number of aryl methyl sites for hydroxylation is 1. The normalized spacial score (nSPS) is 18.7. The number of halogens is 2. The molecule has 18 heavy (non-hydrogen) atoms. The summed E-state index contributed by atoms with van der Waals surface area (Å²) in [7, 11) is 0. The maximum absolute atomic E-state index is 6.41. The minimum atomic E-state index is 0. The van der Waals surface area contributed by atoms with Gasteiger partial charge in [-0.3, -0.25) is 0 Å². The molecule has 3 heteroatoms. The second-order valence-corrected chi connectivity index (χ2v) is 5.86. The van der Waals surface area contributed by atoms with Gasteiger partial charge in [0.2, 0.25) is 0 Å². The zero-order chi connectivity index (χ0) is 12.5. The molecule has 1 atom stereocenters. The van der Waals surface area contributed by atoms with Crippen molar-refractivity contribution >= 4 is 24.0 Å². The van der Waals surface area contributed by atoms with Crippen LogP contribution in [0.4, 0.5) is 0 Å². The lowest BCUT2D eigenvalue weighted by molar-refractivity contribution is 0.187. The van der Waals surface area contributed by atoms with Gasteiger partial charge in [0, 0.05) is 16.5 Å². The van der Waals surface area contributed by atoms with Gasteiger partial charge in [0.1, 0.15) is 0 Å². The SMILES string of the molecule is CCCC(N)C1(c2cc(C)cc(Cl)c2)CCC1.Cl. The number of hydrogen-bond acceptors (Lipinski definition) is 1. The third-order valence-corrected chi connectivity index (χ3v) is 4.39. The molecule has 102 valence electrons. The van der Waals surface area contributed by atoms with Gasteiger partial charge in [-0.2, -0.15) is 0 Å². The molecule has 1 aliphatic carbocycles. The zero-order valence-corrected chi connectivity index (χ0v) is 12.8. The summed E-state index contributed by atoms with van der Waals surface area (Å²) in [5.74, 6) is 0. The molecule has 0 amide bonds. The third kappa shape index (κ3) is 2.84. The smallest absolute Gasteiger partial charge is 0.0411 e. The van der Waals surface area contributed by atoms with Gasteiger partial charge in [-0.05, 0) is 49.4 Å². The van der Waals surface area contributed by atoms with Crippen LogP contribution in [-0.2, 0) is 5.41 Å². The molecule has 1 aromatic carbocycles. The molecule has 0 bridgehead atoms. The molecule has 2 N–H and O–H groups in total. The van der Waals surface area contributed by atoms with Crippen molar-refractivity contribution in [1.82, 2.24) is 0 Å². The average molecular weight is 288 g/mol. The first kappa shape index (κ1) is 15.8. The van der Waals surface area contributed by atoms with Crippen molar-refractivity contribution in [3.8, 4) is 0 Å². The van der Waals surface area contributed by atoms with E-state index in [0.717, 1.165) is 17.9 Å². The average Bonchev–Trinajstić information content (AvgIpc) is 2.14. The highest BCUT2D eigenvalue weighted by Gasteiger charge is 2.43. The Labute approximate surface area is 122 Å². The van der Waals surface area contributed by atoms with Crippen LogP contribution in [0.25, 0.3) is 0 Å². The van der Waals surface area contributed by atoms with Gasteiger partial charge in [-0.15, -0.1) is 12.4 Å². The highest BCUT2D eigenvalue weighted by Crippen LogP contribution is 2.47. The molecule has 1 saturated carbocycles. The Morgan fingerprint density at radius 2 is 2.00 bits per heavy atom. The fourth-order valence-electron chi connectivity index (χ4n) is 3.04. The van der Waals surface area contributed by atoms with E-state index in [2.05, 4.69) is 26.0 Å². The first-order valence-electron chi connectivity index (χ1n) is 6.62. The molecule has 1 unspecified atom stereocenters. The van der Waals surface area contributed by atoms with Gasteiger partial charge >= 0.3 is 0 Å². The summed E-state index contributed by atoms with van der Waals surface area (Å²) in [5.41, 5.74) is 9.21. The van der Waals surface area contributed by atoms with Crippen LogP contribution in [0.2, 0.25) is 5.02 Å². The standard InChI is InChI=1S/C15H22ClN.ClH/c1-3-5-14(17)15(6-4-7-15)12-8-11(2)9-13(16)10-12;/h8-10,14H,3-7,17H2,1-2H3;1H. The van der Waals surface area contributed by atoms with Crippen molar-refractivity contribution < 1.29 is 0 Å². The lowest BCUT2D eigenvalue weighted by Gasteiger charge is -2.47. The minimum Gasteiger partial charge on any atom is -0.327 e. The van der Waals surface area contributed by atoms with Crippen LogP contribution in [0.1, 0.15) is 50.2 Å². The Balaban J connectivity index is 0.00000162. The molecule has 0 heterocycles. The van der Waals surface area contributed by atoms with Crippen molar-refractivity contribution in [3.63, 3.8) is 0 Å². The highest BCUT2D eigenvalue weighted by atomic mass is 35.5. The van der Waals surface area contributed by atoms with E-state index in [-0.39, 0.29) is 23.9 Å². The quantitative estimate of drug-likeness (QED) is 0.859. The van der Waals surface area contributed by atoms with Crippen molar-refractivity contribution in [2.24, 2.45) is 5.73 Å². The van der Waals surface area contributed by atoms with Crippen molar-refractivity contribution in [1.29, 1.82) is 0 Å². The summed E-state index contributed by atoms with van der Waals surface area (Å²) >= 11 is 6.18. The van der Waals surface area contributed by atoms with E-state index < -0.39 is 0 Å². The Morgan fingerprint density at radius 3 is 2.44 bits per heavy atom. The molecule has 0 aromatic heterocycles. The largest absolute Gasteiger partial charge is 0.327 e. The Hall–Kier alpha value is -0.240. The van der Waals surface area contributed by atoms with Crippen LogP contribution in [-0.4, -0.2) is 6.04 Å². The molecule has 0 spiro atoms. The van der Waals surface area contributed by atoms with Crippen molar-refractivity contribution in [2.45, 2.75) is 57.4 Å². The summed E-state index contributed by atoms with van der Waals surface area (Å²) in [4.78, 5) is 0. The summed E-state index contributed by atoms with van der Waals surface area (Å²) in [6.07, 6.45) is 5.99. The van der Waals surface area contributed by atoms with Gasteiger partial charge in [-0.1, -0.05) is 37.4 Å². The van der Waals surface area contributed by atoms with Gasteiger partial charge in [0.25, 0.3) is 0 Å². The van der Waals surface area contributed by atoms with Crippen LogP contribution < -0.4 is 5.73 Å². The number of rotatable bonds is 4. The second kappa shape index (κ2) is 6.27. The van der Waals surface area contributed by atoms with Crippen LogP contribution in [0.5, 0.6) is 0 Å². The number of nitrogens with two attached hydrogens (primary N) is 1. The third-order valence-electron chi connectivity index (χ3n) is 4.17. The molecule has 0 aliphatic heterocycles. The molecule has 0 radical (unpaired) electrons. The Bertz CT molecular complexity index is 379. The van der Waals surface area contributed by atoms with Gasteiger partial charge < -0.3 is 5.73 Å². The maximum Gasteiger partial charge on any atom is 0.0411 e. The van der Waals surface area contributed by atoms with E-state index in [9.17, 15) is 0 Å². The fourth-order valence-corrected chi connectivity index (χ4v) is 3.33. The summed E-state index contributed by atoms with van der Waals surface area (Å²) < 4.78 is 0. The van der Waals surface area contributed by atoms with Crippen LogP contribution >= 0.6 is 24.0 Å². The van der Waals surface area contributed by atoms with E-state index in [1.807, 2.05) is 6.07 Å². The van der Waals surface area contributed by atoms with E-state index in [0.29, 0.717) is 0 Å². The Morgan fingerprint density at radius 1 is 1.33 bits per heavy atom. The minimum absolute atomic E-state index is 0. The topological polar surface area (TPSA) is 26.0 Å². The molecule has 1 aromatic rings. The molecule has 2 rings (SSSR count). The molecule has 1 fully saturated rings. The van der Waals surface area contributed by atoms with Gasteiger partial charge in [-0.25, -0.2) is 0 Å². The lowest BCUT2D eigenvalue weighted by atomic mass is 9.59. The molecule has 0 saturated heterocycles. The predicted molar refractivity (Wildman–Crippen MR) is 81.8 cm³/mol. The highest BCUT2D eigenvalue weighted by molar-refractivity contribution is 6.30. The zero-order valence-electron chi connectivity index (χ0n) is 11.2. The molecule has 1 aliphatic rings. The summed E-state index contributed by atoms with van der Waals surface area (Å²) in [6, 6.07) is 6.67. The first-order valence-corrected chi connectivity index (χ1v) is 6.99.